The lowest BCUT2D eigenvalue weighted by Gasteiger charge is -2.22. The van der Waals surface area contributed by atoms with Gasteiger partial charge in [-0.15, -0.1) is 0 Å². The van der Waals surface area contributed by atoms with Crippen molar-refractivity contribution in [3.63, 3.8) is 0 Å². The van der Waals surface area contributed by atoms with Crippen LogP contribution in [0.25, 0.3) is 131 Å². The van der Waals surface area contributed by atoms with Crippen LogP contribution in [0.1, 0.15) is 20.6 Å². The van der Waals surface area contributed by atoms with E-state index in [0.29, 0.717) is 21.7 Å². The highest BCUT2D eigenvalue weighted by Gasteiger charge is 2.22. The molecule has 0 unspecified atom stereocenters. The zero-order chi connectivity index (χ0) is 54.5. The van der Waals surface area contributed by atoms with Gasteiger partial charge < -0.3 is 4.42 Å². The van der Waals surface area contributed by atoms with Crippen molar-refractivity contribution in [1.29, 1.82) is 0 Å². The van der Waals surface area contributed by atoms with Crippen LogP contribution in [0, 0.1) is 0 Å². The van der Waals surface area contributed by atoms with Gasteiger partial charge in [-0.2, -0.15) is 0 Å². The van der Waals surface area contributed by atoms with E-state index in [9.17, 15) is 15.1 Å². The number of furan rings is 1. The maximum atomic E-state index is 9.81. The highest BCUT2D eigenvalue weighted by molar-refractivity contribution is 6.26. The summed E-state index contributed by atoms with van der Waals surface area (Å²) < 4.78 is 146. The van der Waals surface area contributed by atoms with Crippen molar-refractivity contribution in [2.75, 3.05) is 0 Å². The Morgan fingerprint density at radius 3 is 1.56 bits per heavy atom. The molecule has 0 amide bonds. The average Bonchev–Trinajstić information content (AvgIpc) is 3.64. The van der Waals surface area contributed by atoms with Crippen molar-refractivity contribution in [3.05, 3.63) is 230 Å². The standard InChI is InChI=1S/C62H38O/c1-2-16-43-38-44(35-30-39(43)14-1)59-46-17-4-3-15-40(46)36-37-57(59)61-54-21-7-5-19-52(54)60(53-20-6-8-22-55(53)61)51-27-13-25-48-45(23-11-26-49(48)51)41-31-33-42(34-32-41)47-24-12-28-56-50-18-9-10-29-58(50)63-62(47)56/h1-38H/i1D,2D,5D,6D,7D,8D,14D,16D,19D,20D,21D,22D,30D,35D,38D. The van der Waals surface area contributed by atoms with Crippen LogP contribution in [-0.2, 0) is 0 Å². The quantitative estimate of drug-likeness (QED) is 0.158. The first-order valence-corrected chi connectivity index (χ1v) is 20.5. The monoisotopic (exact) mass is 813 g/mol. The van der Waals surface area contributed by atoms with E-state index < -0.39 is 90.6 Å². The molecule has 1 nitrogen and oxygen atoms in total. The molecule has 1 aromatic heterocycles. The number of para-hydroxylation sites is 2. The van der Waals surface area contributed by atoms with Crippen molar-refractivity contribution < 1.29 is 25.0 Å². The van der Waals surface area contributed by atoms with Gasteiger partial charge in [-0.05, 0) is 116 Å². The molecule has 1 heterocycles. The van der Waals surface area contributed by atoms with Crippen molar-refractivity contribution in [1.82, 2.24) is 0 Å². The highest BCUT2D eigenvalue weighted by Crippen LogP contribution is 2.49. The smallest absolute Gasteiger partial charge is 0.143 e. The molecule has 12 aromatic carbocycles. The lowest BCUT2D eigenvalue weighted by molar-refractivity contribution is 0.670. The molecule has 292 valence electrons. The summed E-state index contributed by atoms with van der Waals surface area (Å²) in [6.45, 7) is 0. The molecule has 63 heavy (non-hydrogen) atoms. The molecular formula is C62H38O. The van der Waals surface area contributed by atoms with Crippen LogP contribution in [0.2, 0.25) is 0 Å². The number of hydrogen-bond donors (Lipinski definition) is 0. The van der Waals surface area contributed by atoms with Gasteiger partial charge in [0, 0.05) is 16.3 Å². The largest absolute Gasteiger partial charge is 0.455 e. The molecule has 0 aliphatic heterocycles. The van der Waals surface area contributed by atoms with E-state index in [1.54, 1.807) is 48.5 Å². The van der Waals surface area contributed by atoms with Gasteiger partial charge in [-0.25, -0.2) is 0 Å². The molecular weight excluding hydrogens is 761 g/mol. The third kappa shape index (κ3) is 5.57. The molecule has 0 saturated heterocycles. The van der Waals surface area contributed by atoms with Gasteiger partial charge in [-0.1, -0.05) is 218 Å². The maximum Gasteiger partial charge on any atom is 0.143 e. The van der Waals surface area contributed by atoms with Gasteiger partial charge in [-0.3, -0.25) is 0 Å². The van der Waals surface area contributed by atoms with Gasteiger partial charge in [0.05, 0.1) is 20.6 Å². The third-order valence-electron chi connectivity index (χ3n) is 12.2. The average molecular weight is 814 g/mol. The van der Waals surface area contributed by atoms with Crippen molar-refractivity contribution in [2.24, 2.45) is 0 Å². The van der Waals surface area contributed by atoms with Crippen LogP contribution >= 0.6 is 0 Å². The first kappa shape index (κ1) is 23.7. The third-order valence-corrected chi connectivity index (χ3v) is 12.2. The highest BCUT2D eigenvalue weighted by atomic mass is 16.3. The molecule has 0 spiro atoms. The Hall–Kier alpha value is -8.26. The lowest BCUT2D eigenvalue weighted by Crippen LogP contribution is -1.94. The number of benzene rings is 12. The minimum Gasteiger partial charge on any atom is -0.455 e. The lowest BCUT2D eigenvalue weighted by atomic mass is 9.81. The summed E-state index contributed by atoms with van der Waals surface area (Å²) >= 11 is 0. The van der Waals surface area contributed by atoms with E-state index in [1.165, 1.54) is 0 Å². The van der Waals surface area contributed by atoms with Gasteiger partial charge in [0.2, 0.25) is 0 Å². The zero-order valence-electron chi connectivity index (χ0n) is 48.2. The first-order valence-electron chi connectivity index (χ1n) is 28.0. The molecule has 0 bridgehead atoms. The second-order valence-corrected chi connectivity index (χ2v) is 15.5. The van der Waals surface area contributed by atoms with E-state index in [-0.39, 0.29) is 60.1 Å². The molecule has 0 radical (unpaired) electrons. The molecule has 0 saturated carbocycles. The maximum absolute atomic E-state index is 9.81. The Labute approximate surface area is 385 Å². The van der Waals surface area contributed by atoms with E-state index in [0.717, 1.165) is 49.6 Å². The van der Waals surface area contributed by atoms with Crippen LogP contribution in [0.3, 0.4) is 0 Å². The second-order valence-electron chi connectivity index (χ2n) is 15.5. The predicted octanol–water partition coefficient (Wildman–Crippen LogP) is 17.7. The van der Waals surface area contributed by atoms with E-state index >= 15 is 0 Å². The summed E-state index contributed by atoms with van der Waals surface area (Å²) in [6, 6.07) is 35.0. The first-order chi connectivity index (χ1) is 37.5. The van der Waals surface area contributed by atoms with Gasteiger partial charge >= 0.3 is 0 Å². The second kappa shape index (κ2) is 14.2. The van der Waals surface area contributed by atoms with Crippen molar-refractivity contribution >= 4 is 75.8 Å². The van der Waals surface area contributed by atoms with Crippen molar-refractivity contribution in [3.8, 4) is 55.6 Å². The Morgan fingerprint density at radius 1 is 0.286 bits per heavy atom. The van der Waals surface area contributed by atoms with Gasteiger partial charge in [0.1, 0.15) is 11.2 Å². The topological polar surface area (TPSA) is 13.1 Å². The van der Waals surface area contributed by atoms with Crippen molar-refractivity contribution in [2.45, 2.75) is 0 Å². The van der Waals surface area contributed by atoms with Crippen LogP contribution in [0.4, 0.5) is 0 Å². The summed E-state index contributed by atoms with van der Waals surface area (Å²) in [7, 11) is 0. The molecule has 13 rings (SSSR count). The summed E-state index contributed by atoms with van der Waals surface area (Å²) in [5.41, 5.74) is 5.55. The van der Waals surface area contributed by atoms with Gasteiger partial charge in [0.15, 0.2) is 0 Å². The molecule has 0 N–H and O–H groups in total. The van der Waals surface area contributed by atoms with E-state index in [1.807, 2.05) is 91.0 Å². The van der Waals surface area contributed by atoms with Crippen LogP contribution in [-0.4, -0.2) is 0 Å². The predicted molar refractivity (Wildman–Crippen MR) is 268 cm³/mol. The molecule has 13 aromatic rings. The summed E-state index contributed by atoms with van der Waals surface area (Å²) in [5, 5.41) is 3.41. The minimum absolute atomic E-state index is 0.0525. The fraction of sp³-hybridized carbons (Fsp3) is 0. The van der Waals surface area contributed by atoms with E-state index in [4.69, 9.17) is 9.90 Å². The summed E-state index contributed by atoms with van der Waals surface area (Å²) in [5.74, 6) is 0. The molecule has 0 atom stereocenters. The normalized spacial score (nSPS) is 15.1. The number of rotatable bonds is 5. The Morgan fingerprint density at radius 2 is 0.825 bits per heavy atom. The SMILES string of the molecule is [2H]c1c([2H])c([2H])c2c([2H])c(-c3c(-c4c5c([2H])c([2H])c([2H])c([2H])c5c(-c5cccc6c(-c7ccc(-c8cccc9c8oc8ccccc89)cc7)cccc56)c5c([2H])c([2H])c([2H])c([2H])c45)ccc4ccccc34)c([2H])c([2H])c2c1[2H]. The van der Waals surface area contributed by atoms with Crippen LogP contribution < -0.4 is 0 Å². The van der Waals surface area contributed by atoms with Gasteiger partial charge in [0.25, 0.3) is 0 Å². The zero-order valence-corrected chi connectivity index (χ0v) is 33.2. The summed E-state index contributed by atoms with van der Waals surface area (Å²) in [4.78, 5) is 0. The van der Waals surface area contributed by atoms with Crippen LogP contribution in [0.5, 0.6) is 0 Å². The molecule has 0 aliphatic rings. The molecule has 0 fully saturated rings. The fourth-order valence-electron chi connectivity index (χ4n) is 9.40. The number of hydrogen-bond acceptors (Lipinski definition) is 1. The van der Waals surface area contributed by atoms with E-state index in [2.05, 4.69) is 0 Å². The minimum atomic E-state index is -0.645. The molecule has 1 heteroatoms. The van der Waals surface area contributed by atoms with Crippen LogP contribution in [0.15, 0.2) is 235 Å². The Bertz CT molecular complexity index is 4770. The summed E-state index contributed by atoms with van der Waals surface area (Å²) in [6.07, 6.45) is 0. The number of fused-ring (bicyclic) bond motifs is 8. The fourth-order valence-corrected chi connectivity index (χ4v) is 9.40. The Balaban J connectivity index is 1.13. The molecule has 0 aliphatic carbocycles. The Kier molecular flexibility index (Phi) is 5.32.